The van der Waals surface area contributed by atoms with Crippen LogP contribution >= 0.6 is 0 Å². The number of nitrogens with one attached hydrogen (secondary N) is 1. The van der Waals surface area contributed by atoms with E-state index in [9.17, 15) is 4.79 Å². The van der Waals surface area contributed by atoms with Gasteiger partial charge in [0.15, 0.2) is 0 Å². The van der Waals surface area contributed by atoms with E-state index < -0.39 is 0 Å². The van der Waals surface area contributed by atoms with Gasteiger partial charge in [0.05, 0.1) is 6.04 Å². The number of amides is 1. The van der Waals surface area contributed by atoms with Gasteiger partial charge in [-0.15, -0.1) is 0 Å². The van der Waals surface area contributed by atoms with E-state index in [0.717, 1.165) is 64.1 Å². The van der Waals surface area contributed by atoms with E-state index in [2.05, 4.69) is 34.6 Å². The van der Waals surface area contributed by atoms with Crippen LogP contribution in [-0.4, -0.2) is 87.6 Å². The first-order valence-electron chi connectivity index (χ1n) is 9.94. The standard InChI is InChI=1S/C19H28N8O/c1-24-9-7-21-18(24)16-15-20-6-10-25(16)8-3-17(28)26-11-13-27(14-12-26)19-22-4-2-5-23-19/h2,4-5,7,9,16,20H,3,6,8,10-15H2,1H3. The van der Waals surface area contributed by atoms with Crippen LogP contribution < -0.4 is 10.2 Å². The summed E-state index contributed by atoms with van der Waals surface area (Å²) < 4.78 is 2.07. The molecule has 0 aromatic carbocycles. The van der Waals surface area contributed by atoms with E-state index in [1.54, 1.807) is 12.4 Å². The topological polar surface area (TPSA) is 82.4 Å². The Hall–Kier alpha value is -2.52. The molecule has 4 rings (SSSR count). The highest BCUT2D eigenvalue weighted by molar-refractivity contribution is 5.76. The monoisotopic (exact) mass is 384 g/mol. The molecule has 28 heavy (non-hydrogen) atoms. The van der Waals surface area contributed by atoms with Crippen molar-refractivity contribution in [3.8, 4) is 0 Å². The smallest absolute Gasteiger partial charge is 0.225 e. The number of hydrogen-bond acceptors (Lipinski definition) is 7. The minimum atomic E-state index is 0.216. The van der Waals surface area contributed by atoms with Gasteiger partial charge in [-0.25, -0.2) is 15.0 Å². The predicted octanol–water partition coefficient (Wildman–Crippen LogP) is -0.105. The summed E-state index contributed by atoms with van der Waals surface area (Å²) in [5, 5.41) is 3.44. The SMILES string of the molecule is Cn1ccnc1C1CNCCN1CCC(=O)N1CCN(c2ncccn2)CC1. The van der Waals surface area contributed by atoms with E-state index in [0.29, 0.717) is 6.42 Å². The average molecular weight is 384 g/mol. The van der Waals surface area contributed by atoms with Crippen LogP contribution in [0.3, 0.4) is 0 Å². The summed E-state index contributed by atoms with van der Waals surface area (Å²) in [5.41, 5.74) is 0. The summed E-state index contributed by atoms with van der Waals surface area (Å²) in [6.45, 7) is 6.52. The molecule has 2 fully saturated rings. The molecule has 1 N–H and O–H groups in total. The zero-order valence-corrected chi connectivity index (χ0v) is 16.4. The van der Waals surface area contributed by atoms with Gasteiger partial charge in [0, 0.05) is 90.6 Å². The Bertz CT molecular complexity index is 771. The van der Waals surface area contributed by atoms with Crippen LogP contribution in [0.1, 0.15) is 18.3 Å². The van der Waals surface area contributed by atoms with Crippen LogP contribution in [0.15, 0.2) is 30.9 Å². The maximum absolute atomic E-state index is 12.8. The Morgan fingerprint density at radius 3 is 2.61 bits per heavy atom. The number of imidazole rings is 1. The van der Waals surface area contributed by atoms with Crippen molar-refractivity contribution in [2.75, 3.05) is 57.3 Å². The zero-order valence-electron chi connectivity index (χ0n) is 16.4. The maximum Gasteiger partial charge on any atom is 0.225 e. The van der Waals surface area contributed by atoms with Crippen LogP contribution in [0.4, 0.5) is 5.95 Å². The van der Waals surface area contributed by atoms with Crippen molar-refractivity contribution in [2.24, 2.45) is 7.05 Å². The summed E-state index contributed by atoms with van der Waals surface area (Å²) >= 11 is 0. The van der Waals surface area contributed by atoms with Gasteiger partial charge in [0.25, 0.3) is 0 Å². The predicted molar refractivity (Wildman–Crippen MR) is 106 cm³/mol. The van der Waals surface area contributed by atoms with Crippen molar-refractivity contribution in [3.63, 3.8) is 0 Å². The number of rotatable bonds is 5. The highest BCUT2D eigenvalue weighted by atomic mass is 16.2. The molecule has 4 heterocycles. The van der Waals surface area contributed by atoms with E-state index in [1.165, 1.54) is 0 Å². The average Bonchev–Trinajstić information content (AvgIpc) is 3.18. The summed E-state index contributed by atoms with van der Waals surface area (Å²) in [5.74, 6) is 2.02. The molecule has 9 nitrogen and oxygen atoms in total. The summed E-state index contributed by atoms with van der Waals surface area (Å²) in [6.07, 6.45) is 7.87. The first-order chi connectivity index (χ1) is 13.7. The first-order valence-corrected chi connectivity index (χ1v) is 9.94. The first kappa shape index (κ1) is 18.8. The van der Waals surface area contributed by atoms with E-state index in [-0.39, 0.29) is 11.9 Å². The fourth-order valence-electron chi connectivity index (χ4n) is 3.97. The van der Waals surface area contributed by atoms with Crippen molar-refractivity contribution >= 4 is 11.9 Å². The number of carbonyl (C=O) groups is 1. The lowest BCUT2D eigenvalue weighted by atomic mass is 10.1. The van der Waals surface area contributed by atoms with Crippen LogP contribution in [0.2, 0.25) is 0 Å². The summed E-state index contributed by atoms with van der Waals surface area (Å²) in [6, 6.07) is 2.03. The molecule has 2 saturated heterocycles. The van der Waals surface area contributed by atoms with Gasteiger partial charge in [0.2, 0.25) is 11.9 Å². The lowest BCUT2D eigenvalue weighted by molar-refractivity contribution is -0.132. The third-order valence-corrected chi connectivity index (χ3v) is 5.59. The molecule has 2 aromatic rings. The molecule has 2 aliphatic rings. The van der Waals surface area contributed by atoms with E-state index >= 15 is 0 Å². The van der Waals surface area contributed by atoms with Crippen LogP contribution in [-0.2, 0) is 11.8 Å². The molecule has 9 heteroatoms. The van der Waals surface area contributed by atoms with Crippen molar-refractivity contribution in [2.45, 2.75) is 12.5 Å². The molecular weight excluding hydrogens is 356 g/mol. The van der Waals surface area contributed by atoms with Gasteiger partial charge in [0.1, 0.15) is 5.82 Å². The molecule has 1 unspecified atom stereocenters. The van der Waals surface area contributed by atoms with Crippen molar-refractivity contribution < 1.29 is 4.79 Å². The second-order valence-electron chi connectivity index (χ2n) is 7.32. The molecule has 0 aliphatic carbocycles. The number of piperazine rings is 2. The van der Waals surface area contributed by atoms with Gasteiger partial charge < -0.3 is 19.7 Å². The number of aryl methyl sites for hydroxylation is 1. The van der Waals surface area contributed by atoms with Gasteiger partial charge in [-0.1, -0.05) is 0 Å². The third-order valence-electron chi connectivity index (χ3n) is 5.59. The molecule has 1 atom stereocenters. The highest BCUT2D eigenvalue weighted by Gasteiger charge is 2.28. The quantitative estimate of drug-likeness (QED) is 0.771. The number of anilines is 1. The largest absolute Gasteiger partial charge is 0.339 e. The van der Waals surface area contributed by atoms with E-state index in [1.807, 2.05) is 30.4 Å². The van der Waals surface area contributed by atoms with Gasteiger partial charge in [-0.2, -0.15) is 0 Å². The van der Waals surface area contributed by atoms with Gasteiger partial charge in [-0.05, 0) is 6.07 Å². The second-order valence-corrected chi connectivity index (χ2v) is 7.32. The number of carbonyl (C=O) groups excluding carboxylic acids is 1. The molecule has 0 radical (unpaired) electrons. The Kier molecular flexibility index (Phi) is 5.82. The Labute approximate surface area is 165 Å². The number of nitrogens with zero attached hydrogens (tertiary/aromatic N) is 7. The van der Waals surface area contributed by atoms with Crippen LogP contribution in [0, 0.1) is 0 Å². The fraction of sp³-hybridized carbons (Fsp3) is 0.579. The lowest BCUT2D eigenvalue weighted by Crippen LogP contribution is -2.51. The molecule has 150 valence electrons. The van der Waals surface area contributed by atoms with E-state index in [4.69, 9.17) is 0 Å². The Morgan fingerprint density at radius 1 is 1.11 bits per heavy atom. The highest BCUT2D eigenvalue weighted by Crippen LogP contribution is 2.21. The van der Waals surface area contributed by atoms with Crippen LogP contribution in [0.25, 0.3) is 0 Å². The minimum absolute atomic E-state index is 0.216. The second kappa shape index (κ2) is 8.66. The summed E-state index contributed by atoms with van der Waals surface area (Å²) in [7, 11) is 2.02. The Morgan fingerprint density at radius 2 is 1.89 bits per heavy atom. The molecule has 2 aromatic heterocycles. The lowest BCUT2D eigenvalue weighted by Gasteiger charge is -2.37. The summed E-state index contributed by atoms with van der Waals surface area (Å²) in [4.78, 5) is 32.4. The molecule has 0 spiro atoms. The minimum Gasteiger partial charge on any atom is -0.339 e. The normalized spacial score (nSPS) is 21.1. The molecular formula is C19H28N8O. The molecule has 0 saturated carbocycles. The maximum atomic E-state index is 12.8. The Balaban J connectivity index is 1.29. The van der Waals surface area contributed by atoms with Crippen molar-refractivity contribution in [1.82, 2.24) is 34.6 Å². The molecule has 2 aliphatic heterocycles. The molecule has 1 amide bonds. The van der Waals surface area contributed by atoms with Crippen LogP contribution in [0.5, 0.6) is 0 Å². The molecule has 0 bridgehead atoms. The third kappa shape index (κ3) is 4.15. The van der Waals surface area contributed by atoms with Gasteiger partial charge >= 0.3 is 0 Å². The van der Waals surface area contributed by atoms with Crippen molar-refractivity contribution in [1.29, 1.82) is 0 Å². The van der Waals surface area contributed by atoms with Gasteiger partial charge in [-0.3, -0.25) is 9.69 Å². The fourth-order valence-corrected chi connectivity index (χ4v) is 3.97. The van der Waals surface area contributed by atoms with Crippen molar-refractivity contribution in [3.05, 3.63) is 36.7 Å². The number of aromatic nitrogens is 4. The zero-order chi connectivity index (χ0) is 19.3. The number of hydrogen-bond donors (Lipinski definition) is 1.